The van der Waals surface area contributed by atoms with Crippen LogP contribution in [0, 0.1) is 13.8 Å². The number of hydrogen-bond donors (Lipinski definition) is 0. The summed E-state index contributed by atoms with van der Waals surface area (Å²) in [7, 11) is 0. The third-order valence-corrected chi connectivity index (χ3v) is 6.96. The molecule has 7 heteroatoms. The van der Waals surface area contributed by atoms with Crippen molar-refractivity contribution in [1.29, 1.82) is 0 Å². The molecule has 6 rings (SSSR count). The summed E-state index contributed by atoms with van der Waals surface area (Å²) in [4.78, 5) is 17.1. The molecule has 2 aliphatic rings. The maximum Gasteiger partial charge on any atom is 1.00 e. The summed E-state index contributed by atoms with van der Waals surface area (Å²) in [6, 6.07) is 13.0. The fourth-order valence-electron chi connectivity index (χ4n) is 5.32. The second kappa shape index (κ2) is 9.00. The molecule has 2 atom stereocenters. The van der Waals surface area contributed by atoms with E-state index in [1.165, 1.54) is 0 Å². The Kier molecular flexibility index (Phi) is 6.19. The third kappa shape index (κ3) is 3.93. The normalized spacial score (nSPS) is 21.5. The predicted molar refractivity (Wildman–Crippen MR) is 122 cm³/mol. The van der Waals surface area contributed by atoms with E-state index in [1.807, 2.05) is 50.2 Å². The molecule has 0 amide bonds. The summed E-state index contributed by atoms with van der Waals surface area (Å²) in [6.45, 7) is 3.87. The number of ether oxygens (including phenoxy) is 2. The Labute approximate surface area is 219 Å². The van der Waals surface area contributed by atoms with Gasteiger partial charge in [0.05, 0.1) is 29.1 Å². The molecule has 6 nitrogen and oxygen atoms in total. The maximum absolute atomic E-state index is 12.3. The van der Waals surface area contributed by atoms with Crippen LogP contribution < -0.4 is 39.4 Å². The average Bonchev–Trinajstić information content (AvgIpc) is 3.33. The Hall–Kier alpha value is -2.38. The molecule has 2 unspecified atom stereocenters. The van der Waals surface area contributed by atoms with E-state index in [9.17, 15) is 9.90 Å². The number of aromatic carboxylic acids is 1. The van der Waals surface area contributed by atoms with Gasteiger partial charge in [0.2, 0.25) is 0 Å². The summed E-state index contributed by atoms with van der Waals surface area (Å²) in [5, 5.41) is 13.7. The minimum atomic E-state index is -1.26. The number of carbonyl (C=O) groups is 1. The van der Waals surface area contributed by atoms with Crippen LogP contribution in [-0.4, -0.2) is 29.3 Å². The number of aryl methyl sites for hydroxylation is 2. The predicted octanol–water partition coefficient (Wildman–Crippen LogP) is 1.72. The fourth-order valence-corrected chi connectivity index (χ4v) is 5.32. The number of pyridine rings is 1. The van der Waals surface area contributed by atoms with Gasteiger partial charge in [-0.3, -0.25) is 0 Å². The van der Waals surface area contributed by atoms with Gasteiger partial charge >= 0.3 is 29.6 Å². The molecule has 2 bridgehead atoms. The summed E-state index contributed by atoms with van der Waals surface area (Å²) in [5.74, 6) is -0.172. The van der Waals surface area contributed by atoms with Crippen molar-refractivity contribution >= 4 is 27.8 Å². The molecule has 0 aliphatic carbocycles. The van der Waals surface area contributed by atoms with Crippen LogP contribution in [0.25, 0.3) is 33.3 Å². The summed E-state index contributed by atoms with van der Waals surface area (Å²) < 4.78 is 18.4. The number of para-hydroxylation sites is 1. The van der Waals surface area contributed by atoms with Gasteiger partial charge in [-0.1, -0.05) is 24.3 Å². The minimum absolute atomic E-state index is 0. The van der Waals surface area contributed by atoms with Crippen molar-refractivity contribution < 1.29 is 53.3 Å². The number of fused-ring (bicyclic) bond motifs is 4. The molecule has 2 aliphatic heterocycles. The van der Waals surface area contributed by atoms with Crippen LogP contribution in [0.15, 0.2) is 46.9 Å². The summed E-state index contributed by atoms with van der Waals surface area (Å²) in [5.41, 5.74) is 3.64. The quantitative estimate of drug-likeness (QED) is 0.427. The number of rotatable bonds is 4. The summed E-state index contributed by atoms with van der Waals surface area (Å²) >= 11 is 0. The van der Waals surface area contributed by atoms with Crippen LogP contribution in [0.4, 0.5) is 0 Å². The number of nitrogens with zero attached hydrogens (tertiary/aromatic N) is 1. The molecule has 2 aromatic carbocycles. The Morgan fingerprint density at radius 1 is 1.09 bits per heavy atom. The minimum Gasteiger partial charge on any atom is -0.545 e. The number of benzene rings is 2. The van der Waals surface area contributed by atoms with E-state index in [1.54, 1.807) is 6.07 Å². The average molecular weight is 465 g/mol. The molecule has 0 radical (unpaired) electrons. The molecule has 4 aromatic rings. The molecule has 0 spiro atoms. The molecule has 0 saturated carbocycles. The van der Waals surface area contributed by atoms with Crippen molar-refractivity contribution in [2.75, 3.05) is 0 Å². The molecule has 2 aromatic heterocycles. The van der Waals surface area contributed by atoms with E-state index in [0.717, 1.165) is 47.8 Å². The van der Waals surface area contributed by atoms with Gasteiger partial charge in [-0.2, -0.15) is 0 Å². The number of carbonyl (C=O) groups excluding carboxylic acids is 1. The Morgan fingerprint density at radius 3 is 2.53 bits per heavy atom. The van der Waals surface area contributed by atoms with Crippen molar-refractivity contribution in [3.63, 3.8) is 0 Å². The molecule has 2 fully saturated rings. The van der Waals surface area contributed by atoms with Gasteiger partial charge < -0.3 is 23.8 Å². The zero-order valence-electron chi connectivity index (χ0n) is 19.6. The van der Waals surface area contributed by atoms with Gasteiger partial charge in [-0.15, -0.1) is 0 Å². The Balaban J connectivity index is 0.00000241. The van der Waals surface area contributed by atoms with E-state index in [0.29, 0.717) is 28.1 Å². The number of hydrogen-bond acceptors (Lipinski definition) is 6. The molecular formula is C27H24NNaO5. The van der Waals surface area contributed by atoms with Gasteiger partial charge in [0.1, 0.15) is 23.1 Å². The van der Waals surface area contributed by atoms with E-state index in [-0.39, 0.29) is 53.4 Å². The third-order valence-electron chi connectivity index (χ3n) is 6.96. The molecule has 34 heavy (non-hydrogen) atoms. The van der Waals surface area contributed by atoms with E-state index < -0.39 is 5.97 Å². The standard InChI is InChI=1S/C27H25NO5.Na/c1-14-7-10-23(32-18-11-16-8-9-17(12-18)31-16)24-20(27(29)30)13-21(28-25(14)24)26-15(2)19-5-3-4-6-22(19)33-26;/h3-7,10,13,16-18H,8-9,11-12H2,1-2H3,(H,29,30);/q;+1/p-1. The number of carboxylic acid groups (broad SMARTS) is 1. The van der Waals surface area contributed by atoms with Crippen LogP contribution in [0.2, 0.25) is 0 Å². The Bertz CT molecular complexity index is 1400. The van der Waals surface area contributed by atoms with Crippen molar-refractivity contribution in [3.05, 3.63) is 59.2 Å². The zero-order chi connectivity index (χ0) is 22.7. The molecule has 168 valence electrons. The van der Waals surface area contributed by atoms with Crippen molar-refractivity contribution in [1.82, 2.24) is 4.98 Å². The largest absolute Gasteiger partial charge is 1.00 e. The SMILES string of the molecule is Cc1c(-c2cc(C(=O)[O-])c3c(OC4CC5CCC(C4)O5)ccc(C)c3n2)oc2ccccc12.[Na+]. The van der Waals surface area contributed by atoms with Crippen LogP contribution in [0.3, 0.4) is 0 Å². The smallest absolute Gasteiger partial charge is 0.545 e. The first kappa shape index (κ1) is 23.4. The van der Waals surface area contributed by atoms with Crippen molar-refractivity contribution in [2.45, 2.75) is 57.8 Å². The van der Waals surface area contributed by atoms with Gasteiger partial charge in [-0.25, -0.2) is 4.98 Å². The fraction of sp³-hybridized carbons (Fsp3) is 0.333. The van der Waals surface area contributed by atoms with Crippen LogP contribution in [0.1, 0.15) is 47.2 Å². The van der Waals surface area contributed by atoms with E-state index in [4.69, 9.17) is 18.9 Å². The van der Waals surface area contributed by atoms with Gasteiger partial charge in [0.25, 0.3) is 0 Å². The Morgan fingerprint density at radius 2 is 1.82 bits per heavy atom. The molecule has 4 heterocycles. The first-order valence-electron chi connectivity index (χ1n) is 11.4. The van der Waals surface area contributed by atoms with Crippen molar-refractivity contribution in [2.24, 2.45) is 0 Å². The molecule has 2 saturated heterocycles. The molecule has 0 N–H and O–H groups in total. The molecular weight excluding hydrogens is 441 g/mol. The second-order valence-electron chi connectivity index (χ2n) is 9.17. The monoisotopic (exact) mass is 465 g/mol. The van der Waals surface area contributed by atoms with Crippen molar-refractivity contribution in [3.8, 4) is 17.2 Å². The van der Waals surface area contributed by atoms with Crippen LogP contribution in [0.5, 0.6) is 5.75 Å². The van der Waals surface area contributed by atoms with Gasteiger partial charge in [0, 0.05) is 29.4 Å². The number of furan rings is 1. The first-order chi connectivity index (χ1) is 16.0. The zero-order valence-corrected chi connectivity index (χ0v) is 21.6. The summed E-state index contributed by atoms with van der Waals surface area (Å²) in [6.07, 6.45) is 4.20. The number of aromatic nitrogens is 1. The second-order valence-corrected chi connectivity index (χ2v) is 9.17. The van der Waals surface area contributed by atoms with Crippen LogP contribution >= 0.6 is 0 Å². The van der Waals surface area contributed by atoms with E-state index >= 15 is 0 Å². The number of carboxylic acids is 1. The maximum atomic E-state index is 12.3. The first-order valence-corrected chi connectivity index (χ1v) is 11.4. The van der Waals surface area contributed by atoms with Gasteiger partial charge in [-0.05, 0) is 50.5 Å². The topological polar surface area (TPSA) is 84.6 Å². The van der Waals surface area contributed by atoms with E-state index in [2.05, 4.69) is 0 Å². The van der Waals surface area contributed by atoms with Gasteiger partial charge in [0.15, 0.2) is 5.76 Å². The van der Waals surface area contributed by atoms with Crippen LogP contribution in [-0.2, 0) is 4.74 Å².